The fourth-order valence-corrected chi connectivity index (χ4v) is 3.22. The molecule has 1 aromatic carbocycles. The van der Waals surface area contributed by atoms with E-state index in [1.165, 1.54) is 5.57 Å². The number of benzene rings is 1. The lowest BCUT2D eigenvalue weighted by atomic mass is 10.1. The summed E-state index contributed by atoms with van der Waals surface area (Å²) in [5.74, 6) is 0. The monoisotopic (exact) mass is 323 g/mol. The van der Waals surface area contributed by atoms with Crippen LogP contribution in [-0.2, 0) is 6.54 Å². The Bertz CT molecular complexity index is 1050. The van der Waals surface area contributed by atoms with Gasteiger partial charge in [0.15, 0.2) is 0 Å². The van der Waals surface area contributed by atoms with Crippen LogP contribution in [0.4, 0.5) is 0 Å². The molecule has 1 aliphatic rings. The number of H-pyrrole nitrogens is 2. The van der Waals surface area contributed by atoms with Gasteiger partial charge in [0.2, 0.25) is 0 Å². The maximum atomic E-state index is 12.2. The highest BCUT2D eigenvalue weighted by Gasteiger charge is 2.15. The minimum Gasteiger partial charge on any atom is -0.396 e. The van der Waals surface area contributed by atoms with Crippen molar-refractivity contribution in [3.63, 3.8) is 0 Å². The van der Waals surface area contributed by atoms with E-state index in [-0.39, 0.29) is 12.2 Å². The van der Waals surface area contributed by atoms with Gasteiger partial charge in [0.1, 0.15) is 0 Å². The van der Waals surface area contributed by atoms with Gasteiger partial charge >= 0.3 is 0 Å². The topological polar surface area (TPSA) is 73.8 Å². The van der Waals surface area contributed by atoms with Gasteiger partial charge in [0.05, 0.1) is 10.6 Å². The van der Waals surface area contributed by atoms with Gasteiger partial charge in [-0.2, -0.15) is 0 Å². The molecule has 1 fully saturated rings. The Kier molecular flexibility index (Phi) is 3.86. The zero-order valence-corrected chi connectivity index (χ0v) is 13.5. The van der Waals surface area contributed by atoms with Crippen molar-refractivity contribution < 1.29 is 5.11 Å². The molecule has 0 atom stereocenters. The molecule has 1 aliphatic carbocycles. The first-order valence-corrected chi connectivity index (χ1v) is 8.47. The summed E-state index contributed by atoms with van der Waals surface area (Å²) in [5.41, 5.74) is 3.46. The van der Waals surface area contributed by atoms with Crippen LogP contribution in [0, 0.1) is 0 Å². The highest BCUT2D eigenvalue weighted by Crippen LogP contribution is 2.26. The number of nitrogens with zero attached hydrogens (tertiary/aromatic N) is 1. The SMILES string of the molecule is O=c1[nH][nH]c(=C2CC2)c1=Cc1cn(CCCCO)c2ccccc12. The average molecular weight is 323 g/mol. The molecule has 0 spiro atoms. The summed E-state index contributed by atoms with van der Waals surface area (Å²) < 4.78 is 2.21. The van der Waals surface area contributed by atoms with Crippen LogP contribution >= 0.6 is 0 Å². The standard InChI is InChI=1S/C19H21N3O2/c23-10-4-3-9-22-12-14(15-5-1-2-6-17(15)22)11-16-18(13-7-8-13)20-21-19(16)24/h1-2,5-6,11-12,20,23H,3-4,7-10H2,(H,21,24). The van der Waals surface area contributed by atoms with Gasteiger partial charge in [-0.15, -0.1) is 0 Å². The second-order valence-electron chi connectivity index (χ2n) is 6.34. The van der Waals surface area contributed by atoms with E-state index in [9.17, 15) is 4.79 Å². The lowest BCUT2D eigenvalue weighted by molar-refractivity contribution is 0.281. The van der Waals surface area contributed by atoms with E-state index in [4.69, 9.17) is 5.11 Å². The van der Waals surface area contributed by atoms with Crippen LogP contribution in [0.25, 0.3) is 22.6 Å². The fraction of sp³-hybridized carbons (Fsp3) is 0.316. The minimum atomic E-state index is -0.0680. The molecular weight excluding hydrogens is 302 g/mol. The molecule has 4 rings (SSSR count). The molecule has 0 saturated heterocycles. The van der Waals surface area contributed by atoms with Crippen molar-refractivity contribution in [1.29, 1.82) is 0 Å². The molecule has 0 amide bonds. The number of para-hydroxylation sites is 1. The molecule has 5 heteroatoms. The molecule has 3 aromatic rings. The van der Waals surface area contributed by atoms with Crippen molar-refractivity contribution in [2.24, 2.45) is 0 Å². The Morgan fingerprint density at radius 1 is 1.17 bits per heavy atom. The number of aromatic nitrogens is 3. The number of unbranched alkanes of at least 4 members (excludes halogenated alkanes) is 1. The number of aryl methyl sites for hydroxylation is 1. The summed E-state index contributed by atoms with van der Waals surface area (Å²) in [6.45, 7) is 1.08. The van der Waals surface area contributed by atoms with Gasteiger partial charge in [-0.3, -0.25) is 15.0 Å². The first-order valence-electron chi connectivity index (χ1n) is 8.47. The van der Waals surface area contributed by atoms with Gasteiger partial charge in [0, 0.05) is 35.8 Å². The molecule has 0 unspecified atom stereocenters. The van der Waals surface area contributed by atoms with Gasteiger partial charge in [-0.25, -0.2) is 0 Å². The smallest absolute Gasteiger partial charge is 0.271 e. The number of hydrogen-bond acceptors (Lipinski definition) is 2. The first-order chi connectivity index (χ1) is 11.8. The van der Waals surface area contributed by atoms with Crippen molar-refractivity contribution in [1.82, 2.24) is 14.8 Å². The minimum absolute atomic E-state index is 0.0680. The number of aliphatic hydroxyl groups excluding tert-OH is 1. The molecule has 0 radical (unpaired) electrons. The van der Waals surface area contributed by atoms with Crippen LogP contribution < -0.4 is 16.1 Å². The molecule has 0 bridgehead atoms. The number of fused-ring (bicyclic) bond motifs is 1. The van der Waals surface area contributed by atoms with E-state index in [0.717, 1.165) is 59.3 Å². The van der Waals surface area contributed by atoms with E-state index in [2.05, 4.69) is 33.1 Å². The third kappa shape index (κ3) is 2.71. The van der Waals surface area contributed by atoms with Crippen molar-refractivity contribution in [2.45, 2.75) is 32.2 Å². The van der Waals surface area contributed by atoms with Crippen molar-refractivity contribution in [3.8, 4) is 0 Å². The number of hydrogen-bond donors (Lipinski definition) is 3. The van der Waals surface area contributed by atoms with Crippen molar-refractivity contribution in [2.75, 3.05) is 6.61 Å². The molecule has 2 aromatic heterocycles. The average Bonchev–Trinajstić information content (AvgIpc) is 3.30. The van der Waals surface area contributed by atoms with Gasteiger partial charge in [-0.05, 0) is 43.4 Å². The molecular formula is C19H21N3O2. The molecule has 124 valence electrons. The summed E-state index contributed by atoms with van der Waals surface area (Å²) in [4.78, 5) is 12.2. The zero-order valence-electron chi connectivity index (χ0n) is 13.5. The highest BCUT2D eigenvalue weighted by molar-refractivity contribution is 5.89. The molecule has 3 N–H and O–H groups in total. The van der Waals surface area contributed by atoms with E-state index in [1.54, 1.807) is 0 Å². The zero-order chi connectivity index (χ0) is 16.5. The predicted octanol–water partition coefficient (Wildman–Crippen LogP) is 1.20. The molecule has 0 aliphatic heterocycles. The summed E-state index contributed by atoms with van der Waals surface area (Å²) in [7, 11) is 0. The molecule has 24 heavy (non-hydrogen) atoms. The Morgan fingerprint density at radius 3 is 2.79 bits per heavy atom. The molecule has 2 heterocycles. The lowest BCUT2D eigenvalue weighted by Gasteiger charge is -2.03. The molecule has 5 nitrogen and oxygen atoms in total. The predicted molar refractivity (Wildman–Crippen MR) is 95.1 cm³/mol. The quantitative estimate of drug-likeness (QED) is 0.617. The summed E-state index contributed by atoms with van der Waals surface area (Å²) in [5, 5.41) is 17.5. The normalized spacial score (nSPS) is 14.7. The van der Waals surface area contributed by atoms with Crippen LogP contribution in [0.2, 0.25) is 0 Å². The summed E-state index contributed by atoms with van der Waals surface area (Å²) >= 11 is 0. The second-order valence-corrected chi connectivity index (χ2v) is 6.34. The maximum absolute atomic E-state index is 12.2. The Balaban J connectivity index is 1.86. The van der Waals surface area contributed by atoms with Gasteiger partial charge < -0.3 is 9.67 Å². The fourth-order valence-electron chi connectivity index (χ4n) is 3.22. The summed E-state index contributed by atoms with van der Waals surface area (Å²) in [6, 6.07) is 8.25. The lowest BCUT2D eigenvalue weighted by Crippen LogP contribution is -2.33. The second kappa shape index (κ2) is 6.17. The number of nitrogens with one attached hydrogen (secondary N) is 2. The number of rotatable bonds is 5. The van der Waals surface area contributed by atoms with E-state index < -0.39 is 0 Å². The number of aliphatic hydroxyl groups is 1. The summed E-state index contributed by atoms with van der Waals surface area (Å²) in [6.07, 6.45) is 7.96. The Labute approximate surface area is 138 Å². The van der Waals surface area contributed by atoms with E-state index in [0.29, 0.717) is 0 Å². The Hall–Kier alpha value is -2.53. The first kappa shape index (κ1) is 15.0. The van der Waals surface area contributed by atoms with Crippen LogP contribution in [0.1, 0.15) is 31.2 Å². The van der Waals surface area contributed by atoms with Crippen LogP contribution in [-0.4, -0.2) is 26.5 Å². The van der Waals surface area contributed by atoms with Gasteiger partial charge in [0.25, 0.3) is 5.56 Å². The largest absolute Gasteiger partial charge is 0.396 e. The highest BCUT2D eigenvalue weighted by atomic mass is 16.2. The number of aromatic amines is 2. The van der Waals surface area contributed by atoms with Crippen LogP contribution in [0.5, 0.6) is 0 Å². The van der Waals surface area contributed by atoms with E-state index >= 15 is 0 Å². The third-order valence-electron chi connectivity index (χ3n) is 4.59. The Morgan fingerprint density at radius 2 is 2.00 bits per heavy atom. The molecule has 1 saturated carbocycles. The third-order valence-corrected chi connectivity index (χ3v) is 4.59. The van der Waals surface area contributed by atoms with Crippen molar-refractivity contribution >= 4 is 22.6 Å². The van der Waals surface area contributed by atoms with Crippen LogP contribution in [0.15, 0.2) is 35.3 Å². The van der Waals surface area contributed by atoms with Crippen LogP contribution in [0.3, 0.4) is 0 Å². The van der Waals surface area contributed by atoms with E-state index in [1.807, 2.05) is 18.2 Å². The van der Waals surface area contributed by atoms with Gasteiger partial charge in [-0.1, -0.05) is 18.2 Å². The van der Waals surface area contributed by atoms with Crippen molar-refractivity contribution in [3.05, 3.63) is 56.9 Å². The maximum Gasteiger partial charge on any atom is 0.271 e.